The van der Waals surface area contributed by atoms with Gasteiger partial charge in [-0.1, -0.05) is 49.4 Å². The highest BCUT2D eigenvalue weighted by atomic mass is 35.5. The molecular formula is C13H17Cl2NO4S. The van der Waals surface area contributed by atoms with E-state index < -0.39 is 20.9 Å². The fourth-order valence-electron chi connectivity index (χ4n) is 1.69. The van der Waals surface area contributed by atoms with Crippen molar-refractivity contribution in [3.8, 4) is 0 Å². The maximum atomic E-state index is 11.9. The zero-order chi connectivity index (χ0) is 16.0. The molecule has 1 rings (SSSR count). The molecule has 0 saturated heterocycles. The molecule has 0 atom stereocenters. The van der Waals surface area contributed by atoms with Gasteiger partial charge in [-0.25, -0.2) is 18.4 Å². The van der Waals surface area contributed by atoms with E-state index in [1.54, 1.807) is 0 Å². The summed E-state index contributed by atoms with van der Waals surface area (Å²) in [5.41, 5.74) is -0.108. The monoisotopic (exact) mass is 353 g/mol. The Morgan fingerprint density at radius 3 is 2.48 bits per heavy atom. The molecule has 8 heteroatoms. The first-order valence-corrected chi connectivity index (χ1v) is 8.76. The number of esters is 1. The highest BCUT2D eigenvalue weighted by molar-refractivity contribution is 7.89. The minimum Gasteiger partial charge on any atom is -0.462 e. The largest absolute Gasteiger partial charge is 0.462 e. The maximum absolute atomic E-state index is 11.9. The molecule has 0 fully saturated rings. The number of hydrogen-bond donors (Lipinski definition) is 1. The molecule has 1 aromatic carbocycles. The molecule has 0 bridgehead atoms. The summed E-state index contributed by atoms with van der Waals surface area (Å²) in [6.07, 6.45) is 3.83. The van der Waals surface area contributed by atoms with Crippen molar-refractivity contribution < 1.29 is 17.9 Å². The van der Waals surface area contributed by atoms with Gasteiger partial charge in [0.2, 0.25) is 10.0 Å². The second-order valence-corrected chi connectivity index (χ2v) is 6.85. The Bertz CT molecular complexity index is 617. The standard InChI is InChI=1S/C13H17Cl2NO4S/c1-2-3-4-5-6-20-13(17)10-7-9(14)8-11(12(10)15)21(16,18)19/h7-8H,2-6H2,1H3,(H2,16,18,19). The molecule has 0 radical (unpaired) electrons. The van der Waals surface area contributed by atoms with Crippen LogP contribution in [0.5, 0.6) is 0 Å². The molecule has 0 aliphatic carbocycles. The predicted molar refractivity (Wildman–Crippen MR) is 82.3 cm³/mol. The highest BCUT2D eigenvalue weighted by Gasteiger charge is 2.22. The lowest BCUT2D eigenvalue weighted by molar-refractivity contribution is 0.0497. The van der Waals surface area contributed by atoms with Gasteiger partial charge < -0.3 is 4.74 Å². The van der Waals surface area contributed by atoms with E-state index in [9.17, 15) is 13.2 Å². The quantitative estimate of drug-likeness (QED) is 0.601. The Morgan fingerprint density at radius 2 is 1.90 bits per heavy atom. The van der Waals surface area contributed by atoms with E-state index in [0.29, 0.717) is 0 Å². The van der Waals surface area contributed by atoms with Gasteiger partial charge >= 0.3 is 5.97 Å². The summed E-state index contributed by atoms with van der Waals surface area (Å²) >= 11 is 11.7. The van der Waals surface area contributed by atoms with E-state index in [2.05, 4.69) is 6.92 Å². The zero-order valence-electron chi connectivity index (χ0n) is 11.6. The predicted octanol–water partition coefficient (Wildman–Crippen LogP) is 3.38. The number of primary sulfonamides is 1. The summed E-state index contributed by atoms with van der Waals surface area (Å²) in [4.78, 5) is 11.5. The Balaban J connectivity index is 2.88. The van der Waals surface area contributed by atoms with Crippen LogP contribution in [-0.4, -0.2) is 21.0 Å². The Kier molecular flexibility index (Phi) is 6.93. The lowest BCUT2D eigenvalue weighted by Crippen LogP contribution is -2.15. The molecule has 118 valence electrons. The fraction of sp³-hybridized carbons (Fsp3) is 0.462. The van der Waals surface area contributed by atoms with E-state index >= 15 is 0 Å². The van der Waals surface area contributed by atoms with Crippen LogP contribution in [0.4, 0.5) is 0 Å². The van der Waals surface area contributed by atoms with E-state index in [4.69, 9.17) is 33.1 Å². The van der Waals surface area contributed by atoms with Gasteiger partial charge in [-0.05, 0) is 18.6 Å². The number of sulfonamides is 1. The van der Waals surface area contributed by atoms with Crippen LogP contribution >= 0.6 is 23.2 Å². The van der Waals surface area contributed by atoms with Gasteiger partial charge in [0.15, 0.2) is 0 Å². The molecule has 0 unspecified atom stereocenters. The van der Waals surface area contributed by atoms with E-state index in [1.165, 1.54) is 6.07 Å². The van der Waals surface area contributed by atoms with Gasteiger partial charge in [0.25, 0.3) is 0 Å². The van der Waals surface area contributed by atoms with E-state index in [0.717, 1.165) is 31.7 Å². The molecule has 21 heavy (non-hydrogen) atoms. The van der Waals surface area contributed by atoms with Crippen molar-refractivity contribution in [2.75, 3.05) is 6.61 Å². The van der Waals surface area contributed by atoms with Gasteiger partial charge in [0.05, 0.1) is 17.2 Å². The van der Waals surface area contributed by atoms with Crippen molar-refractivity contribution in [1.82, 2.24) is 0 Å². The molecule has 5 nitrogen and oxygen atoms in total. The minimum absolute atomic E-state index is 0.0429. The lowest BCUT2D eigenvalue weighted by atomic mass is 10.2. The van der Waals surface area contributed by atoms with Crippen LogP contribution in [0.3, 0.4) is 0 Å². The Morgan fingerprint density at radius 1 is 1.24 bits per heavy atom. The number of rotatable bonds is 7. The van der Waals surface area contributed by atoms with Gasteiger partial charge in [0, 0.05) is 5.02 Å². The first kappa shape index (κ1) is 18.2. The second kappa shape index (κ2) is 7.98. The third kappa shape index (κ3) is 5.47. The average Bonchev–Trinajstić information content (AvgIpc) is 2.39. The van der Waals surface area contributed by atoms with Crippen LogP contribution in [0, 0.1) is 0 Å². The molecule has 0 amide bonds. The van der Waals surface area contributed by atoms with Crippen molar-refractivity contribution in [3.63, 3.8) is 0 Å². The summed E-state index contributed by atoms with van der Waals surface area (Å²) in [5, 5.41) is 4.79. The highest BCUT2D eigenvalue weighted by Crippen LogP contribution is 2.29. The number of unbranched alkanes of at least 4 members (excludes halogenated alkanes) is 3. The number of hydrogen-bond acceptors (Lipinski definition) is 4. The van der Waals surface area contributed by atoms with Crippen molar-refractivity contribution in [2.45, 2.75) is 37.5 Å². The van der Waals surface area contributed by atoms with E-state index in [-0.39, 0.29) is 22.2 Å². The third-order valence-electron chi connectivity index (χ3n) is 2.76. The summed E-state index contributed by atoms with van der Waals surface area (Å²) in [6, 6.07) is 2.35. The minimum atomic E-state index is -4.07. The normalized spacial score (nSPS) is 11.4. The second-order valence-electron chi connectivity index (χ2n) is 4.51. The topological polar surface area (TPSA) is 86.5 Å². The SMILES string of the molecule is CCCCCCOC(=O)c1cc(Cl)cc(S(N)(=O)=O)c1Cl. The van der Waals surface area contributed by atoms with Crippen LogP contribution in [0.15, 0.2) is 17.0 Å². The van der Waals surface area contributed by atoms with Gasteiger partial charge in [-0.2, -0.15) is 0 Å². The zero-order valence-corrected chi connectivity index (χ0v) is 13.9. The maximum Gasteiger partial charge on any atom is 0.339 e. The van der Waals surface area contributed by atoms with Crippen molar-refractivity contribution in [2.24, 2.45) is 5.14 Å². The summed E-state index contributed by atoms with van der Waals surface area (Å²) in [7, 11) is -4.07. The third-order valence-corrected chi connectivity index (χ3v) is 4.43. The number of carbonyl (C=O) groups excluding carboxylic acids is 1. The molecule has 1 aromatic rings. The van der Waals surface area contributed by atoms with Crippen molar-refractivity contribution in [1.29, 1.82) is 0 Å². The molecule has 2 N–H and O–H groups in total. The first-order chi connectivity index (χ1) is 9.77. The number of halogens is 2. The lowest BCUT2D eigenvalue weighted by Gasteiger charge is -2.09. The van der Waals surface area contributed by atoms with Gasteiger partial charge in [-0.15, -0.1) is 0 Å². The summed E-state index contributed by atoms with van der Waals surface area (Å²) in [6.45, 7) is 2.32. The smallest absolute Gasteiger partial charge is 0.339 e. The van der Waals surface area contributed by atoms with Crippen LogP contribution in [-0.2, 0) is 14.8 Å². The number of carbonyl (C=O) groups is 1. The fourth-order valence-corrected chi connectivity index (χ4v) is 3.13. The van der Waals surface area contributed by atoms with Crippen molar-refractivity contribution in [3.05, 3.63) is 27.7 Å². The van der Waals surface area contributed by atoms with Gasteiger partial charge in [-0.3, -0.25) is 0 Å². The first-order valence-electron chi connectivity index (χ1n) is 6.46. The molecular weight excluding hydrogens is 337 g/mol. The molecule has 0 aliphatic heterocycles. The van der Waals surface area contributed by atoms with Crippen LogP contribution < -0.4 is 5.14 Å². The molecule has 0 aromatic heterocycles. The number of nitrogens with two attached hydrogens (primary N) is 1. The molecule has 0 aliphatic rings. The van der Waals surface area contributed by atoms with E-state index in [1.807, 2.05) is 0 Å². The summed E-state index contributed by atoms with van der Waals surface area (Å²) < 4.78 is 27.9. The number of benzene rings is 1. The van der Waals surface area contributed by atoms with Crippen LogP contribution in [0.2, 0.25) is 10.0 Å². The average molecular weight is 354 g/mol. The Labute approximate surface area is 134 Å². The molecule has 0 heterocycles. The van der Waals surface area contributed by atoms with Crippen LogP contribution in [0.1, 0.15) is 43.0 Å². The molecule has 0 spiro atoms. The number of ether oxygens (including phenoxy) is 1. The molecule has 0 saturated carbocycles. The van der Waals surface area contributed by atoms with Crippen LogP contribution in [0.25, 0.3) is 0 Å². The Hall–Kier alpha value is -0.820. The summed E-state index contributed by atoms with van der Waals surface area (Å²) in [5.74, 6) is -0.719. The van der Waals surface area contributed by atoms with Crippen molar-refractivity contribution >= 4 is 39.2 Å². The van der Waals surface area contributed by atoms with Gasteiger partial charge in [0.1, 0.15) is 4.90 Å².